The van der Waals surface area contributed by atoms with Gasteiger partial charge in [0, 0.05) is 11.8 Å². The average molecular weight is 310 g/mol. The summed E-state index contributed by atoms with van der Waals surface area (Å²) in [5.41, 5.74) is 5.72. The number of aromatic nitrogens is 2. The topological polar surface area (TPSA) is 46.8 Å². The van der Waals surface area contributed by atoms with E-state index in [1.54, 1.807) is 7.11 Å². The van der Waals surface area contributed by atoms with Crippen molar-refractivity contribution in [1.29, 1.82) is 0 Å². The van der Waals surface area contributed by atoms with E-state index in [1.807, 2.05) is 55.6 Å². The second-order valence-electron chi connectivity index (χ2n) is 5.89. The fourth-order valence-corrected chi connectivity index (χ4v) is 2.92. The number of hydrogen-bond acceptors (Lipinski definition) is 3. The molecule has 4 heteroatoms. The van der Waals surface area contributed by atoms with Gasteiger partial charge >= 0.3 is 0 Å². The highest BCUT2D eigenvalue weighted by atomic mass is 16.5. The molecule has 4 nitrogen and oxygen atoms in total. The van der Waals surface area contributed by atoms with Gasteiger partial charge in [-0.05, 0) is 61.7 Å². The molecule has 1 atom stereocenters. The lowest BCUT2D eigenvalue weighted by atomic mass is 10.0. The Morgan fingerprint density at radius 2 is 2.00 bits per heavy atom. The van der Waals surface area contributed by atoms with Crippen LogP contribution in [-0.4, -0.2) is 21.6 Å². The zero-order valence-electron chi connectivity index (χ0n) is 14.0. The third kappa shape index (κ3) is 2.70. The number of aryl methyl sites for hydroxylation is 2. The predicted octanol–water partition coefficient (Wildman–Crippen LogP) is 4.07. The Hall–Kier alpha value is -2.33. The van der Waals surface area contributed by atoms with E-state index in [0.29, 0.717) is 6.42 Å². The first-order valence-corrected chi connectivity index (χ1v) is 7.86. The molecule has 2 heterocycles. The molecule has 3 aromatic rings. The quantitative estimate of drug-likeness (QED) is 0.790. The van der Waals surface area contributed by atoms with Crippen LogP contribution in [0, 0.1) is 13.8 Å². The zero-order chi connectivity index (χ0) is 16.6. The number of fused-ring (bicyclic) bond motifs is 1. The molecule has 0 bridgehead atoms. The highest BCUT2D eigenvalue weighted by molar-refractivity contribution is 5.69. The SMILES string of the molecule is CCC(O)c1c(-c2ccc(OC)c(C)c2)nc2cc(C)ccn12. The Balaban J connectivity index is 2.25. The predicted molar refractivity (Wildman–Crippen MR) is 91.9 cm³/mol. The van der Waals surface area contributed by atoms with Crippen LogP contribution in [0.5, 0.6) is 5.75 Å². The van der Waals surface area contributed by atoms with Gasteiger partial charge in [-0.25, -0.2) is 4.98 Å². The van der Waals surface area contributed by atoms with Crippen LogP contribution in [0.15, 0.2) is 36.5 Å². The van der Waals surface area contributed by atoms with Gasteiger partial charge in [-0.15, -0.1) is 0 Å². The largest absolute Gasteiger partial charge is 0.496 e. The van der Waals surface area contributed by atoms with Gasteiger partial charge in [-0.1, -0.05) is 6.92 Å². The number of rotatable bonds is 4. The summed E-state index contributed by atoms with van der Waals surface area (Å²) < 4.78 is 7.32. The van der Waals surface area contributed by atoms with Crippen LogP contribution in [0.2, 0.25) is 0 Å². The third-order valence-corrected chi connectivity index (χ3v) is 4.19. The number of methoxy groups -OCH3 is 1. The summed E-state index contributed by atoms with van der Waals surface area (Å²) in [6.45, 7) is 6.03. The third-order valence-electron chi connectivity index (χ3n) is 4.19. The molecule has 0 fully saturated rings. The van der Waals surface area contributed by atoms with Crippen LogP contribution >= 0.6 is 0 Å². The van der Waals surface area contributed by atoms with Gasteiger partial charge in [0.15, 0.2) is 0 Å². The number of hydrogen-bond donors (Lipinski definition) is 1. The maximum atomic E-state index is 10.5. The van der Waals surface area contributed by atoms with Crippen molar-refractivity contribution in [3.05, 3.63) is 53.3 Å². The monoisotopic (exact) mass is 310 g/mol. The maximum absolute atomic E-state index is 10.5. The molecule has 1 unspecified atom stereocenters. The first kappa shape index (κ1) is 15.6. The summed E-state index contributed by atoms with van der Waals surface area (Å²) in [6, 6.07) is 10.1. The van der Waals surface area contributed by atoms with E-state index in [4.69, 9.17) is 9.72 Å². The van der Waals surface area contributed by atoms with Gasteiger partial charge in [0.05, 0.1) is 24.6 Å². The summed E-state index contributed by atoms with van der Waals surface area (Å²) in [5.74, 6) is 0.853. The van der Waals surface area contributed by atoms with Crippen LogP contribution in [0.4, 0.5) is 0 Å². The highest BCUT2D eigenvalue weighted by Crippen LogP contribution is 2.33. The molecular weight excluding hydrogens is 288 g/mol. The van der Waals surface area contributed by atoms with Crippen LogP contribution < -0.4 is 4.74 Å². The van der Waals surface area contributed by atoms with Crippen molar-refractivity contribution in [1.82, 2.24) is 9.38 Å². The Morgan fingerprint density at radius 1 is 1.22 bits per heavy atom. The number of aliphatic hydroxyl groups excluding tert-OH is 1. The summed E-state index contributed by atoms with van der Waals surface area (Å²) in [4.78, 5) is 4.77. The molecule has 0 saturated heterocycles. The van der Waals surface area contributed by atoms with Crippen LogP contribution in [-0.2, 0) is 0 Å². The molecule has 0 saturated carbocycles. The number of aliphatic hydroxyl groups is 1. The van der Waals surface area contributed by atoms with E-state index in [2.05, 4.69) is 6.07 Å². The van der Waals surface area contributed by atoms with Gasteiger partial charge in [0.1, 0.15) is 11.4 Å². The van der Waals surface area contributed by atoms with Gasteiger partial charge < -0.3 is 14.2 Å². The van der Waals surface area contributed by atoms with Crippen molar-refractivity contribution in [2.24, 2.45) is 0 Å². The fraction of sp³-hybridized carbons (Fsp3) is 0.316. The molecule has 1 aromatic carbocycles. The molecule has 0 radical (unpaired) electrons. The number of nitrogens with zero attached hydrogens (tertiary/aromatic N) is 2. The summed E-state index contributed by atoms with van der Waals surface area (Å²) in [7, 11) is 1.67. The van der Waals surface area contributed by atoms with Crippen LogP contribution in [0.25, 0.3) is 16.9 Å². The zero-order valence-corrected chi connectivity index (χ0v) is 14.0. The standard InChI is InChI=1S/C19H22N2O2/c1-5-15(22)19-18(14-6-7-16(23-4)13(3)11-14)20-17-10-12(2)8-9-21(17)19/h6-11,15,22H,5H2,1-4H3. The van der Waals surface area contributed by atoms with E-state index in [9.17, 15) is 5.11 Å². The van der Waals surface area contributed by atoms with Crippen molar-refractivity contribution in [3.8, 4) is 17.0 Å². The van der Waals surface area contributed by atoms with E-state index >= 15 is 0 Å². The summed E-state index contributed by atoms with van der Waals surface area (Å²) in [5, 5.41) is 10.5. The number of ether oxygens (including phenoxy) is 1. The lowest BCUT2D eigenvalue weighted by molar-refractivity contribution is 0.168. The van der Waals surface area contributed by atoms with E-state index in [-0.39, 0.29) is 0 Å². The van der Waals surface area contributed by atoms with Crippen LogP contribution in [0.1, 0.15) is 36.3 Å². The molecule has 0 amide bonds. The second-order valence-corrected chi connectivity index (χ2v) is 5.89. The lowest BCUT2D eigenvalue weighted by Gasteiger charge is -2.12. The molecule has 0 aliphatic carbocycles. The van der Waals surface area contributed by atoms with E-state index < -0.39 is 6.10 Å². The number of imidazole rings is 1. The van der Waals surface area contributed by atoms with Crippen molar-refractivity contribution >= 4 is 5.65 Å². The molecule has 120 valence electrons. The summed E-state index contributed by atoms with van der Waals surface area (Å²) >= 11 is 0. The van der Waals surface area contributed by atoms with E-state index in [0.717, 1.165) is 39.5 Å². The maximum Gasteiger partial charge on any atom is 0.138 e. The molecule has 0 aliphatic rings. The highest BCUT2D eigenvalue weighted by Gasteiger charge is 2.20. The molecule has 2 aromatic heterocycles. The molecule has 1 N–H and O–H groups in total. The average Bonchev–Trinajstić information content (AvgIpc) is 2.92. The van der Waals surface area contributed by atoms with Gasteiger partial charge in [0.25, 0.3) is 0 Å². The Kier molecular flexibility index (Phi) is 4.09. The minimum absolute atomic E-state index is 0.551. The Labute approximate surface area is 136 Å². The fourth-order valence-electron chi connectivity index (χ4n) is 2.92. The van der Waals surface area contributed by atoms with Crippen molar-refractivity contribution in [3.63, 3.8) is 0 Å². The van der Waals surface area contributed by atoms with Gasteiger partial charge in [-0.3, -0.25) is 0 Å². The molecule has 0 aliphatic heterocycles. The number of pyridine rings is 1. The van der Waals surface area contributed by atoms with Crippen molar-refractivity contribution in [2.75, 3.05) is 7.11 Å². The smallest absolute Gasteiger partial charge is 0.138 e. The Morgan fingerprint density at radius 3 is 2.65 bits per heavy atom. The first-order chi connectivity index (χ1) is 11.0. The van der Waals surface area contributed by atoms with Gasteiger partial charge in [-0.2, -0.15) is 0 Å². The lowest BCUT2D eigenvalue weighted by Crippen LogP contribution is -2.02. The molecule has 23 heavy (non-hydrogen) atoms. The minimum atomic E-state index is -0.551. The summed E-state index contributed by atoms with van der Waals surface area (Å²) in [6.07, 6.45) is 2.07. The molecule has 3 rings (SSSR count). The van der Waals surface area contributed by atoms with Crippen LogP contribution in [0.3, 0.4) is 0 Å². The first-order valence-electron chi connectivity index (χ1n) is 7.86. The molecule has 0 spiro atoms. The molecular formula is C19H22N2O2. The van der Waals surface area contributed by atoms with Gasteiger partial charge in [0.2, 0.25) is 0 Å². The van der Waals surface area contributed by atoms with Crippen molar-refractivity contribution < 1.29 is 9.84 Å². The Bertz CT molecular complexity index is 852. The number of benzene rings is 1. The normalized spacial score (nSPS) is 12.6. The minimum Gasteiger partial charge on any atom is -0.496 e. The van der Waals surface area contributed by atoms with E-state index in [1.165, 1.54) is 0 Å². The second kappa shape index (κ2) is 6.05. The van der Waals surface area contributed by atoms with Crippen molar-refractivity contribution in [2.45, 2.75) is 33.3 Å².